The van der Waals surface area contributed by atoms with Crippen molar-refractivity contribution >= 4 is 11.9 Å². The van der Waals surface area contributed by atoms with E-state index < -0.39 is 46.9 Å². The Balaban J connectivity index is 2.09. The Labute approximate surface area is 150 Å². The largest absolute Gasteiger partial charge is 0.506 e. The lowest BCUT2D eigenvalue weighted by atomic mass is 10.1. The van der Waals surface area contributed by atoms with Crippen LogP contribution in [0.1, 0.15) is 27.2 Å². The number of nitrogens with one attached hydrogen (secondary N) is 1. The minimum atomic E-state index is -1.33. The van der Waals surface area contributed by atoms with E-state index in [1.807, 2.05) is 5.32 Å². The van der Waals surface area contributed by atoms with Crippen LogP contribution >= 0.6 is 0 Å². The van der Waals surface area contributed by atoms with Crippen molar-refractivity contribution in [2.24, 2.45) is 0 Å². The van der Waals surface area contributed by atoms with Crippen LogP contribution in [0.4, 0.5) is 8.78 Å². The van der Waals surface area contributed by atoms with Crippen LogP contribution in [0, 0.1) is 11.6 Å². The van der Waals surface area contributed by atoms with Gasteiger partial charge in [0.15, 0.2) is 0 Å². The number of halogens is 2. The molecular weight excluding hydrogens is 366 g/mol. The van der Waals surface area contributed by atoms with Crippen molar-refractivity contribution < 1.29 is 33.3 Å². The van der Waals surface area contributed by atoms with Gasteiger partial charge in [0, 0.05) is 17.2 Å². The summed E-state index contributed by atoms with van der Waals surface area (Å²) < 4.78 is 33.3. The molecule has 8 nitrogen and oxygen atoms in total. The third-order valence-corrected chi connectivity index (χ3v) is 4.11. The van der Waals surface area contributed by atoms with Crippen LogP contribution < -0.4 is 10.9 Å². The zero-order valence-electron chi connectivity index (χ0n) is 13.8. The summed E-state index contributed by atoms with van der Waals surface area (Å²) in [6, 6.07) is 2.86. The quantitative estimate of drug-likeness (QED) is 0.704. The highest BCUT2D eigenvalue weighted by molar-refractivity contribution is 5.98. The van der Waals surface area contributed by atoms with Gasteiger partial charge in [-0.1, -0.05) is 6.07 Å². The Kier molecular flexibility index (Phi) is 4.91. The molecule has 0 radical (unpaired) electrons. The maximum atomic E-state index is 14.0. The van der Waals surface area contributed by atoms with E-state index in [9.17, 15) is 28.3 Å². The van der Waals surface area contributed by atoms with Crippen molar-refractivity contribution in [1.82, 2.24) is 9.88 Å². The molecule has 0 atom stereocenters. The normalized spacial score (nSPS) is 12.7. The molecule has 3 rings (SSSR count). The molecule has 0 fully saturated rings. The van der Waals surface area contributed by atoms with Gasteiger partial charge in [0.05, 0.1) is 25.5 Å². The molecule has 1 aromatic heterocycles. The number of aliphatic carboxylic acids is 1. The minimum Gasteiger partial charge on any atom is -0.506 e. The van der Waals surface area contributed by atoms with Crippen LogP contribution in [0.3, 0.4) is 0 Å². The highest BCUT2D eigenvalue weighted by Crippen LogP contribution is 2.30. The minimum absolute atomic E-state index is 0.00446. The highest BCUT2D eigenvalue weighted by Gasteiger charge is 2.29. The molecule has 3 N–H and O–H groups in total. The van der Waals surface area contributed by atoms with E-state index in [1.165, 1.54) is 0 Å². The maximum Gasteiger partial charge on any atom is 0.322 e. The lowest BCUT2D eigenvalue weighted by molar-refractivity contribution is -0.135. The van der Waals surface area contributed by atoms with E-state index in [0.717, 1.165) is 16.7 Å². The molecule has 0 spiro atoms. The summed E-state index contributed by atoms with van der Waals surface area (Å²) in [5, 5.41) is 20.9. The van der Waals surface area contributed by atoms with E-state index in [-0.39, 0.29) is 36.6 Å². The fraction of sp³-hybridized carbons (Fsp3) is 0.235. The van der Waals surface area contributed by atoms with Crippen LogP contribution in [0.2, 0.25) is 0 Å². The SMILES string of the molecule is O=C(O)CNC(=O)c1c(O)c2c(n(Cc3ccc(F)cc3F)c1=O)COC2. The van der Waals surface area contributed by atoms with E-state index in [4.69, 9.17) is 9.84 Å². The van der Waals surface area contributed by atoms with E-state index >= 15 is 0 Å². The number of ether oxygens (including phenoxy) is 1. The molecule has 0 saturated carbocycles. The number of carboxylic acid groups (broad SMARTS) is 1. The highest BCUT2D eigenvalue weighted by atomic mass is 19.1. The zero-order valence-corrected chi connectivity index (χ0v) is 13.8. The number of amides is 1. The van der Waals surface area contributed by atoms with Gasteiger partial charge in [-0.25, -0.2) is 8.78 Å². The number of hydrogen-bond acceptors (Lipinski definition) is 5. The molecular formula is C17H14F2N2O6. The van der Waals surface area contributed by atoms with Gasteiger partial charge in [0.2, 0.25) is 0 Å². The third kappa shape index (κ3) is 3.51. The molecule has 27 heavy (non-hydrogen) atoms. The molecule has 0 saturated heterocycles. The van der Waals surface area contributed by atoms with Crippen LogP contribution in [0.5, 0.6) is 5.75 Å². The second kappa shape index (κ2) is 7.16. The maximum absolute atomic E-state index is 14.0. The van der Waals surface area contributed by atoms with Crippen LogP contribution in [-0.2, 0) is 29.3 Å². The van der Waals surface area contributed by atoms with Gasteiger partial charge in [-0.15, -0.1) is 0 Å². The van der Waals surface area contributed by atoms with Gasteiger partial charge in [-0.2, -0.15) is 0 Å². The third-order valence-electron chi connectivity index (χ3n) is 4.11. The predicted octanol–water partition coefficient (Wildman–Crippen LogP) is 0.725. The number of nitrogens with zero attached hydrogens (tertiary/aromatic N) is 1. The van der Waals surface area contributed by atoms with E-state index in [1.54, 1.807) is 0 Å². The molecule has 1 aliphatic heterocycles. The number of carbonyl (C=O) groups is 2. The first kappa shape index (κ1) is 18.5. The molecule has 1 amide bonds. The fourth-order valence-corrected chi connectivity index (χ4v) is 2.81. The summed E-state index contributed by atoms with van der Waals surface area (Å²) in [5.41, 5.74) is -1.17. The second-order valence-electron chi connectivity index (χ2n) is 5.85. The summed E-state index contributed by atoms with van der Waals surface area (Å²) in [5.74, 6) is -4.67. The molecule has 2 aromatic rings. The second-order valence-corrected chi connectivity index (χ2v) is 5.85. The lowest BCUT2D eigenvalue weighted by Gasteiger charge is -2.16. The summed E-state index contributed by atoms with van der Waals surface area (Å²) >= 11 is 0. The average molecular weight is 380 g/mol. The topological polar surface area (TPSA) is 118 Å². The molecule has 2 heterocycles. The number of hydrogen-bond donors (Lipinski definition) is 3. The molecule has 10 heteroatoms. The fourth-order valence-electron chi connectivity index (χ4n) is 2.81. The van der Waals surface area contributed by atoms with Crippen LogP contribution in [-0.4, -0.2) is 33.2 Å². The standard InChI is InChI=1S/C17H14F2N2O6/c18-9-2-1-8(11(19)3-9)5-21-12-7-27-6-10(12)15(24)14(17(21)26)16(25)20-4-13(22)23/h1-3,24H,4-7H2,(H,20,25)(H,22,23). The molecule has 0 bridgehead atoms. The van der Waals surface area contributed by atoms with Gasteiger partial charge in [0.1, 0.15) is 29.5 Å². The number of aromatic hydroxyl groups is 1. The predicted molar refractivity (Wildman–Crippen MR) is 86.3 cm³/mol. The van der Waals surface area contributed by atoms with Gasteiger partial charge >= 0.3 is 5.97 Å². The first-order valence-corrected chi connectivity index (χ1v) is 7.78. The van der Waals surface area contributed by atoms with Gasteiger partial charge < -0.3 is 24.8 Å². The smallest absolute Gasteiger partial charge is 0.322 e. The van der Waals surface area contributed by atoms with Crippen molar-refractivity contribution in [2.75, 3.05) is 6.54 Å². The first-order valence-electron chi connectivity index (χ1n) is 7.78. The lowest BCUT2D eigenvalue weighted by Crippen LogP contribution is -2.37. The van der Waals surface area contributed by atoms with Crippen molar-refractivity contribution in [3.8, 4) is 5.75 Å². The van der Waals surface area contributed by atoms with E-state index in [2.05, 4.69) is 0 Å². The number of carbonyl (C=O) groups excluding carboxylic acids is 1. The van der Waals surface area contributed by atoms with Gasteiger partial charge in [0.25, 0.3) is 11.5 Å². The molecule has 0 aliphatic carbocycles. The molecule has 1 aromatic carbocycles. The number of carboxylic acids is 1. The Hall–Kier alpha value is -3.27. The van der Waals surface area contributed by atoms with Crippen molar-refractivity contribution in [1.29, 1.82) is 0 Å². The number of rotatable bonds is 5. The zero-order chi connectivity index (χ0) is 19.7. The Morgan fingerprint density at radius 3 is 2.67 bits per heavy atom. The number of pyridine rings is 1. The summed E-state index contributed by atoms with van der Waals surface area (Å²) in [7, 11) is 0. The van der Waals surface area contributed by atoms with E-state index in [0.29, 0.717) is 6.07 Å². The Morgan fingerprint density at radius 2 is 2.00 bits per heavy atom. The molecule has 1 aliphatic rings. The van der Waals surface area contributed by atoms with Gasteiger partial charge in [-0.05, 0) is 6.07 Å². The molecule has 142 valence electrons. The van der Waals surface area contributed by atoms with Crippen molar-refractivity contribution in [3.05, 3.63) is 62.6 Å². The number of benzene rings is 1. The number of fused-ring (bicyclic) bond motifs is 1. The Morgan fingerprint density at radius 1 is 1.26 bits per heavy atom. The van der Waals surface area contributed by atoms with Crippen molar-refractivity contribution in [3.63, 3.8) is 0 Å². The number of aromatic nitrogens is 1. The summed E-state index contributed by atoms with van der Waals surface area (Å²) in [6.07, 6.45) is 0. The first-order chi connectivity index (χ1) is 12.8. The van der Waals surface area contributed by atoms with Crippen LogP contribution in [0.15, 0.2) is 23.0 Å². The summed E-state index contributed by atoms with van der Waals surface area (Å²) in [4.78, 5) is 35.6. The average Bonchev–Trinajstić information content (AvgIpc) is 3.08. The monoisotopic (exact) mass is 380 g/mol. The van der Waals surface area contributed by atoms with Gasteiger partial charge in [-0.3, -0.25) is 14.4 Å². The summed E-state index contributed by atoms with van der Waals surface area (Å²) in [6.45, 7) is -1.20. The molecule has 0 unspecified atom stereocenters. The Bertz CT molecular complexity index is 1000. The van der Waals surface area contributed by atoms with Crippen LogP contribution in [0.25, 0.3) is 0 Å². The van der Waals surface area contributed by atoms with Crippen molar-refractivity contribution in [2.45, 2.75) is 19.8 Å².